The molecule has 2 aromatic rings. The summed E-state index contributed by atoms with van der Waals surface area (Å²) in [7, 11) is 3.29. The maximum absolute atomic E-state index is 13.2. The van der Waals surface area contributed by atoms with Crippen molar-refractivity contribution in [1.82, 2.24) is 5.32 Å². The Balaban J connectivity index is 1.72. The van der Waals surface area contributed by atoms with E-state index in [1.54, 1.807) is 14.2 Å². The lowest BCUT2D eigenvalue weighted by Crippen LogP contribution is -2.48. The first-order valence-corrected chi connectivity index (χ1v) is 10.2. The Morgan fingerprint density at radius 3 is 2.46 bits per heavy atom. The molecular formula is C22H26BrNO4. The molecule has 0 saturated carbocycles. The SMILES string of the molecule is COc1ccc(OC)c(CCNC(=O)C2(c3ccc(Br)cc3)CCOCC2)c1. The number of ether oxygens (including phenoxy) is 3. The molecule has 150 valence electrons. The standard InChI is InChI=1S/C22H26BrNO4/c1-26-19-7-8-20(27-2)16(15-19)9-12-24-21(25)22(10-13-28-14-11-22)17-3-5-18(23)6-4-17/h3-8,15H,9-14H2,1-2H3,(H,24,25). The summed E-state index contributed by atoms with van der Waals surface area (Å²) in [5.74, 6) is 1.63. The Morgan fingerprint density at radius 2 is 1.82 bits per heavy atom. The molecule has 0 aliphatic carbocycles. The lowest BCUT2D eigenvalue weighted by Gasteiger charge is -2.36. The highest BCUT2D eigenvalue weighted by atomic mass is 79.9. The zero-order chi connectivity index (χ0) is 20.0. The molecule has 1 N–H and O–H groups in total. The van der Waals surface area contributed by atoms with Crippen molar-refractivity contribution in [1.29, 1.82) is 0 Å². The number of carbonyl (C=O) groups is 1. The maximum atomic E-state index is 13.2. The summed E-state index contributed by atoms with van der Waals surface area (Å²) < 4.78 is 17.3. The molecule has 6 heteroatoms. The van der Waals surface area contributed by atoms with Crippen molar-refractivity contribution in [3.05, 3.63) is 58.1 Å². The number of rotatable bonds is 7. The van der Waals surface area contributed by atoms with E-state index in [9.17, 15) is 4.79 Å². The second-order valence-electron chi connectivity index (χ2n) is 6.89. The molecule has 1 aliphatic heterocycles. The van der Waals surface area contributed by atoms with E-state index in [-0.39, 0.29) is 5.91 Å². The van der Waals surface area contributed by atoms with Crippen molar-refractivity contribution in [3.63, 3.8) is 0 Å². The summed E-state index contributed by atoms with van der Waals surface area (Å²) in [5.41, 5.74) is 1.50. The quantitative estimate of drug-likeness (QED) is 0.699. The van der Waals surface area contributed by atoms with Crippen molar-refractivity contribution in [2.75, 3.05) is 34.0 Å². The van der Waals surface area contributed by atoms with Crippen LogP contribution in [0.4, 0.5) is 0 Å². The number of hydrogen-bond acceptors (Lipinski definition) is 4. The number of benzene rings is 2. The van der Waals surface area contributed by atoms with Gasteiger partial charge in [0.25, 0.3) is 0 Å². The van der Waals surface area contributed by atoms with Crippen LogP contribution in [-0.4, -0.2) is 39.9 Å². The monoisotopic (exact) mass is 447 g/mol. The first kappa shape index (κ1) is 20.7. The van der Waals surface area contributed by atoms with E-state index >= 15 is 0 Å². The van der Waals surface area contributed by atoms with E-state index in [2.05, 4.69) is 21.2 Å². The van der Waals surface area contributed by atoms with Gasteiger partial charge in [0.05, 0.1) is 19.6 Å². The fourth-order valence-electron chi connectivity index (χ4n) is 3.69. The molecule has 5 nitrogen and oxygen atoms in total. The van der Waals surface area contributed by atoms with E-state index < -0.39 is 5.41 Å². The molecule has 0 spiro atoms. The van der Waals surface area contributed by atoms with Gasteiger partial charge in [-0.1, -0.05) is 28.1 Å². The summed E-state index contributed by atoms with van der Waals surface area (Å²) in [5, 5.41) is 3.14. The van der Waals surface area contributed by atoms with Crippen LogP contribution >= 0.6 is 15.9 Å². The number of hydrogen-bond donors (Lipinski definition) is 1. The van der Waals surface area contributed by atoms with Gasteiger partial charge in [-0.25, -0.2) is 0 Å². The van der Waals surface area contributed by atoms with Gasteiger partial charge >= 0.3 is 0 Å². The van der Waals surface area contributed by atoms with Gasteiger partial charge in [0.2, 0.25) is 5.91 Å². The molecule has 0 aromatic heterocycles. The van der Waals surface area contributed by atoms with Crippen LogP contribution < -0.4 is 14.8 Å². The third kappa shape index (κ3) is 4.50. The van der Waals surface area contributed by atoms with E-state index in [4.69, 9.17) is 14.2 Å². The Labute approximate surface area is 174 Å². The number of methoxy groups -OCH3 is 2. The number of nitrogens with one attached hydrogen (secondary N) is 1. The molecule has 0 bridgehead atoms. The van der Waals surface area contributed by atoms with Crippen LogP contribution in [0.2, 0.25) is 0 Å². The number of halogens is 1. The van der Waals surface area contributed by atoms with Gasteiger partial charge in [0.15, 0.2) is 0 Å². The predicted molar refractivity (Wildman–Crippen MR) is 112 cm³/mol. The van der Waals surface area contributed by atoms with Crippen LogP contribution in [0.3, 0.4) is 0 Å². The minimum atomic E-state index is -0.544. The highest BCUT2D eigenvalue weighted by Crippen LogP contribution is 2.36. The molecule has 0 atom stereocenters. The molecule has 1 saturated heterocycles. The van der Waals surface area contributed by atoms with Crippen LogP contribution in [0.15, 0.2) is 46.9 Å². The summed E-state index contributed by atoms with van der Waals surface area (Å²) in [6.07, 6.45) is 2.03. The van der Waals surface area contributed by atoms with Crippen molar-refractivity contribution in [2.45, 2.75) is 24.7 Å². The summed E-state index contributed by atoms with van der Waals surface area (Å²) in [6, 6.07) is 13.7. The van der Waals surface area contributed by atoms with E-state index in [0.717, 1.165) is 27.1 Å². The van der Waals surface area contributed by atoms with Crippen LogP contribution in [0.1, 0.15) is 24.0 Å². The second-order valence-corrected chi connectivity index (χ2v) is 7.80. The Morgan fingerprint density at radius 1 is 1.11 bits per heavy atom. The zero-order valence-electron chi connectivity index (χ0n) is 16.3. The fourth-order valence-corrected chi connectivity index (χ4v) is 3.96. The first-order chi connectivity index (χ1) is 13.6. The van der Waals surface area contributed by atoms with Crippen molar-refractivity contribution in [2.24, 2.45) is 0 Å². The Kier molecular flexibility index (Phi) is 6.97. The van der Waals surface area contributed by atoms with Crippen LogP contribution in [0.25, 0.3) is 0 Å². The zero-order valence-corrected chi connectivity index (χ0v) is 17.9. The molecule has 1 heterocycles. The second kappa shape index (κ2) is 9.43. The van der Waals surface area contributed by atoms with Gasteiger partial charge < -0.3 is 19.5 Å². The van der Waals surface area contributed by atoms with Crippen molar-refractivity contribution >= 4 is 21.8 Å². The molecule has 2 aromatic carbocycles. The van der Waals surface area contributed by atoms with Crippen LogP contribution in [0.5, 0.6) is 11.5 Å². The average Bonchev–Trinajstić information content (AvgIpc) is 2.74. The smallest absolute Gasteiger partial charge is 0.230 e. The lowest BCUT2D eigenvalue weighted by molar-refractivity contribution is -0.130. The molecule has 1 aliphatic rings. The van der Waals surface area contributed by atoms with Crippen LogP contribution in [0, 0.1) is 0 Å². The molecule has 3 rings (SSSR count). The maximum Gasteiger partial charge on any atom is 0.230 e. The fraction of sp³-hybridized carbons (Fsp3) is 0.409. The summed E-state index contributed by atoms with van der Waals surface area (Å²) in [6.45, 7) is 1.71. The van der Waals surface area contributed by atoms with Gasteiger partial charge in [-0.2, -0.15) is 0 Å². The number of amides is 1. The molecule has 0 radical (unpaired) electrons. The molecular weight excluding hydrogens is 422 g/mol. The molecule has 1 fully saturated rings. The minimum Gasteiger partial charge on any atom is -0.497 e. The minimum absolute atomic E-state index is 0.0555. The highest BCUT2D eigenvalue weighted by Gasteiger charge is 2.41. The third-order valence-corrected chi connectivity index (χ3v) is 5.87. The Hall–Kier alpha value is -2.05. The van der Waals surface area contributed by atoms with Gasteiger partial charge in [-0.15, -0.1) is 0 Å². The third-order valence-electron chi connectivity index (χ3n) is 5.35. The first-order valence-electron chi connectivity index (χ1n) is 9.42. The van der Waals surface area contributed by atoms with E-state index in [1.807, 2.05) is 42.5 Å². The normalized spacial score (nSPS) is 15.7. The van der Waals surface area contributed by atoms with E-state index in [0.29, 0.717) is 39.0 Å². The molecule has 0 unspecified atom stereocenters. The highest BCUT2D eigenvalue weighted by molar-refractivity contribution is 9.10. The lowest BCUT2D eigenvalue weighted by atomic mass is 9.73. The van der Waals surface area contributed by atoms with Gasteiger partial charge in [0, 0.05) is 24.2 Å². The largest absolute Gasteiger partial charge is 0.497 e. The van der Waals surface area contributed by atoms with E-state index in [1.165, 1.54) is 0 Å². The summed E-state index contributed by atoms with van der Waals surface area (Å²) >= 11 is 3.47. The van der Waals surface area contributed by atoms with Crippen LogP contribution in [-0.2, 0) is 21.4 Å². The predicted octanol–water partition coefficient (Wildman–Crippen LogP) is 3.87. The number of carbonyl (C=O) groups excluding carboxylic acids is 1. The molecule has 28 heavy (non-hydrogen) atoms. The van der Waals surface area contributed by atoms with Gasteiger partial charge in [-0.3, -0.25) is 4.79 Å². The molecule has 1 amide bonds. The van der Waals surface area contributed by atoms with Gasteiger partial charge in [0.1, 0.15) is 11.5 Å². The van der Waals surface area contributed by atoms with Crippen molar-refractivity contribution in [3.8, 4) is 11.5 Å². The van der Waals surface area contributed by atoms with Gasteiger partial charge in [-0.05, 0) is 60.7 Å². The Bertz CT molecular complexity index is 801. The average molecular weight is 448 g/mol. The summed E-state index contributed by atoms with van der Waals surface area (Å²) in [4.78, 5) is 13.2. The topological polar surface area (TPSA) is 56.8 Å². The van der Waals surface area contributed by atoms with Crippen molar-refractivity contribution < 1.29 is 19.0 Å².